The molecule has 0 aliphatic carbocycles. The number of ether oxygens (including phenoxy) is 1. The predicted molar refractivity (Wildman–Crippen MR) is 111 cm³/mol. The second kappa shape index (κ2) is 8.05. The molecule has 5 rings (SSSR count). The van der Waals surface area contributed by atoms with E-state index in [2.05, 4.69) is 45.8 Å². The molecule has 29 heavy (non-hydrogen) atoms. The van der Waals surface area contributed by atoms with Crippen LogP contribution in [-0.2, 0) is 32.6 Å². The Kier molecular flexibility index (Phi) is 5.12. The van der Waals surface area contributed by atoms with Gasteiger partial charge in [0.05, 0.1) is 23.9 Å². The molecule has 1 atom stereocenters. The van der Waals surface area contributed by atoms with Crippen molar-refractivity contribution in [2.75, 3.05) is 20.1 Å². The summed E-state index contributed by atoms with van der Waals surface area (Å²) in [5, 5.41) is 4.89. The molecule has 0 radical (unpaired) electrons. The van der Waals surface area contributed by atoms with E-state index in [-0.39, 0.29) is 6.10 Å². The minimum Gasteiger partial charge on any atom is -0.488 e. The monoisotopic (exact) mass is 392 g/mol. The number of likely N-dealkylation sites (N-methyl/N-ethyl adjacent to an activating group) is 1. The van der Waals surface area contributed by atoms with Gasteiger partial charge in [-0.1, -0.05) is 18.2 Å². The summed E-state index contributed by atoms with van der Waals surface area (Å²) in [6.45, 7) is 5.69. The number of furan rings is 1. The first kappa shape index (κ1) is 18.5. The normalized spacial score (nSPS) is 19.0. The summed E-state index contributed by atoms with van der Waals surface area (Å²) in [6, 6.07) is 12.7. The Morgan fingerprint density at radius 1 is 1.21 bits per heavy atom. The maximum Gasteiger partial charge on any atom is 0.123 e. The van der Waals surface area contributed by atoms with Crippen molar-refractivity contribution in [2.24, 2.45) is 0 Å². The van der Waals surface area contributed by atoms with Crippen molar-refractivity contribution in [1.29, 1.82) is 0 Å². The molecule has 3 aromatic rings. The number of rotatable bonds is 6. The smallest absolute Gasteiger partial charge is 0.123 e. The third-order valence-corrected chi connectivity index (χ3v) is 5.79. The van der Waals surface area contributed by atoms with Crippen molar-refractivity contribution in [2.45, 2.75) is 45.1 Å². The highest BCUT2D eigenvalue weighted by atomic mass is 16.5. The number of hydrogen-bond acceptors (Lipinski definition) is 5. The first-order valence-corrected chi connectivity index (χ1v) is 10.4. The largest absolute Gasteiger partial charge is 0.488 e. The Labute approximate surface area is 171 Å². The minimum absolute atomic E-state index is 0.225. The quantitative estimate of drug-likeness (QED) is 0.644. The van der Waals surface area contributed by atoms with E-state index in [1.54, 1.807) is 6.26 Å². The van der Waals surface area contributed by atoms with Crippen molar-refractivity contribution in [3.8, 4) is 5.75 Å². The second-order valence-electron chi connectivity index (χ2n) is 8.29. The number of aromatic nitrogens is 2. The van der Waals surface area contributed by atoms with Crippen LogP contribution in [0.25, 0.3) is 0 Å². The maximum absolute atomic E-state index is 6.10. The first-order valence-electron chi connectivity index (χ1n) is 10.4. The van der Waals surface area contributed by atoms with Crippen LogP contribution in [0.1, 0.15) is 28.9 Å². The summed E-state index contributed by atoms with van der Waals surface area (Å²) >= 11 is 0. The van der Waals surface area contributed by atoms with E-state index < -0.39 is 0 Å². The average molecular weight is 393 g/mol. The van der Waals surface area contributed by atoms with E-state index in [0.717, 1.165) is 63.6 Å². The highest BCUT2D eigenvalue weighted by Gasteiger charge is 2.24. The second-order valence-corrected chi connectivity index (χ2v) is 8.29. The third kappa shape index (κ3) is 4.23. The van der Waals surface area contributed by atoms with Crippen LogP contribution in [0.3, 0.4) is 0 Å². The Hall–Kier alpha value is -2.57. The van der Waals surface area contributed by atoms with Crippen molar-refractivity contribution < 1.29 is 9.15 Å². The standard InChI is InChI=1S/C23H28N4O2/c1-25(16-22-11-19-5-2-3-6-23(19)29-22)14-20-12-21-15-26(8-4-9-27(21)24-20)13-18-7-10-28-17-18/h2-3,5-7,10,12,17,22H,4,8-9,11,13-16H2,1H3/t22-/m1/s1. The lowest BCUT2D eigenvalue weighted by Crippen LogP contribution is -2.31. The zero-order valence-corrected chi connectivity index (χ0v) is 17.0. The summed E-state index contributed by atoms with van der Waals surface area (Å²) < 4.78 is 13.5. The molecule has 0 saturated carbocycles. The molecule has 6 heteroatoms. The SMILES string of the molecule is CN(Cc1cc2n(n1)CCCN(Cc1ccoc1)C2)C[C@H]1Cc2ccccc2O1. The molecule has 0 fully saturated rings. The van der Waals surface area contributed by atoms with E-state index in [1.165, 1.54) is 16.8 Å². The predicted octanol–water partition coefficient (Wildman–Crippen LogP) is 3.32. The Balaban J connectivity index is 1.19. The highest BCUT2D eigenvalue weighted by molar-refractivity contribution is 5.37. The van der Waals surface area contributed by atoms with Gasteiger partial charge in [0.2, 0.25) is 0 Å². The van der Waals surface area contributed by atoms with Gasteiger partial charge in [0.15, 0.2) is 0 Å². The first-order chi connectivity index (χ1) is 14.2. The molecule has 0 amide bonds. The molecular formula is C23H28N4O2. The number of hydrogen-bond donors (Lipinski definition) is 0. The van der Waals surface area contributed by atoms with Gasteiger partial charge < -0.3 is 9.15 Å². The van der Waals surface area contributed by atoms with Crippen LogP contribution in [0.5, 0.6) is 5.75 Å². The van der Waals surface area contributed by atoms with Crippen LogP contribution in [-0.4, -0.2) is 45.8 Å². The van der Waals surface area contributed by atoms with Crippen LogP contribution in [0.15, 0.2) is 53.3 Å². The summed E-state index contributed by atoms with van der Waals surface area (Å²) in [4.78, 5) is 4.80. The fourth-order valence-electron chi connectivity index (χ4n) is 4.49. The summed E-state index contributed by atoms with van der Waals surface area (Å²) in [5.74, 6) is 1.04. The summed E-state index contributed by atoms with van der Waals surface area (Å²) in [6.07, 6.45) is 5.92. The van der Waals surface area contributed by atoms with Crippen LogP contribution >= 0.6 is 0 Å². The zero-order chi connectivity index (χ0) is 19.6. The molecule has 2 aromatic heterocycles. The molecule has 0 spiro atoms. The molecule has 0 N–H and O–H groups in total. The van der Waals surface area contributed by atoms with Gasteiger partial charge in [0.1, 0.15) is 11.9 Å². The van der Waals surface area contributed by atoms with E-state index in [0.29, 0.717) is 0 Å². The number of fused-ring (bicyclic) bond motifs is 2. The Morgan fingerprint density at radius 3 is 3.00 bits per heavy atom. The molecule has 2 aliphatic rings. The van der Waals surface area contributed by atoms with E-state index in [9.17, 15) is 0 Å². The van der Waals surface area contributed by atoms with Gasteiger partial charge >= 0.3 is 0 Å². The minimum atomic E-state index is 0.225. The van der Waals surface area contributed by atoms with Gasteiger partial charge in [-0.05, 0) is 37.2 Å². The van der Waals surface area contributed by atoms with Gasteiger partial charge in [-0.2, -0.15) is 5.10 Å². The van der Waals surface area contributed by atoms with Gasteiger partial charge in [0.25, 0.3) is 0 Å². The lowest BCUT2D eigenvalue weighted by Gasteiger charge is -2.20. The van der Waals surface area contributed by atoms with Crippen molar-refractivity contribution in [3.63, 3.8) is 0 Å². The van der Waals surface area contributed by atoms with E-state index in [4.69, 9.17) is 14.3 Å². The van der Waals surface area contributed by atoms with Gasteiger partial charge in [-0.25, -0.2) is 0 Å². The third-order valence-electron chi connectivity index (χ3n) is 5.79. The fourth-order valence-corrected chi connectivity index (χ4v) is 4.49. The van der Waals surface area contributed by atoms with Crippen LogP contribution < -0.4 is 4.74 Å². The molecule has 0 unspecified atom stereocenters. The van der Waals surface area contributed by atoms with Crippen molar-refractivity contribution >= 4 is 0 Å². The van der Waals surface area contributed by atoms with E-state index >= 15 is 0 Å². The topological polar surface area (TPSA) is 46.7 Å². The fraction of sp³-hybridized carbons (Fsp3) is 0.435. The molecule has 1 aromatic carbocycles. The number of para-hydroxylation sites is 1. The van der Waals surface area contributed by atoms with Gasteiger partial charge in [0, 0.05) is 51.3 Å². The number of nitrogens with zero attached hydrogens (tertiary/aromatic N) is 4. The Morgan fingerprint density at radius 2 is 2.14 bits per heavy atom. The number of benzene rings is 1. The molecule has 2 aliphatic heterocycles. The average Bonchev–Trinajstić information content (AvgIpc) is 3.40. The lowest BCUT2D eigenvalue weighted by molar-refractivity contribution is 0.164. The molecule has 152 valence electrons. The van der Waals surface area contributed by atoms with Gasteiger partial charge in [-0.3, -0.25) is 14.5 Å². The molecule has 4 heterocycles. The molecular weight excluding hydrogens is 364 g/mol. The van der Waals surface area contributed by atoms with Crippen LogP contribution in [0.2, 0.25) is 0 Å². The summed E-state index contributed by atoms with van der Waals surface area (Å²) in [7, 11) is 2.15. The maximum atomic E-state index is 6.10. The molecule has 6 nitrogen and oxygen atoms in total. The van der Waals surface area contributed by atoms with E-state index in [1.807, 2.05) is 18.4 Å². The highest BCUT2D eigenvalue weighted by Crippen LogP contribution is 2.28. The van der Waals surface area contributed by atoms with Crippen LogP contribution in [0, 0.1) is 0 Å². The van der Waals surface area contributed by atoms with Gasteiger partial charge in [-0.15, -0.1) is 0 Å². The van der Waals surface area contributed by atoms with Crippen molar-refractivity contribution in [3.05, 3.63) is 71.4 Å². The van der Waals surface area contributed by atoms with Crippen molar-refractivity contribution in [1.82, 2.24) is 19.6 Å². The molecule has 0 saturated heterocycles. The summed E-state index contributed by atoms with van der Waals surface area (Å²) in [5.41, 5.74) is 5.00. The number of aryl methyl sites for hydroxylation is 1. The molecule has 0 bridgehead atoms. The zero-order valence-electron chi connectivity index (χ0n) is 17.0. The van der Waals surface area contributed by atoms with Crippen LogP contribution in [0.4, 0.5) is 0 Å². The lowest BCUT2D eigenvalue weighted by atomic mass is 10.1. The Bertz CT molecular complexity index is 925.